The molecule has 0 spiro atoms. The first-order valence-electron chi connectivity index (χ1n) is 5.62. The zero-order valence-electron chi connectivity index (χ0n) is 10.5. The molecule has 3 aromatic rings. The Balaban J connectivity index is 1.92. The Labute approximate surface area is 113 Å². The van der Waals surface area contributed by atoms with E-state index >= 15 is 0 Å². The topological polar surface area (TPSA) is 79.8 Å². The van der Waals surface area contributed by atoms with Crippen molar-refractivity contribution in [3.63, 3.8) is 0 Å². The van der Waals surface area contributed by atoms with E-state index in [1.54, 1.807) is 13.3 Å². The number of anilines is 1. The third kappa shape index (κ3) is 2.10. The van der Waals surface area contributed by atoms with Crippen LogP contribution < -0.4 is 9.64 Å². The van der Waals surface area contributed by atoms with Gasteiger partial charge in [0.2, 0.25) is 5.88 Å². The number of hydrogen-bond acceptors (Lipinski definition) is 7. The number of hydrogen-bond donors (Lipinski definition) is 1. The quantitative estimate of drug-likeness (QED) is 0.777. The van der Waals surface area contributed by atoms with E-state index in [2.05, 4.69) is 24.5 Å². The van der Waals surface area contributed by atoms with Crippen LogP contribution in [0.3, 0.4) is 0 Å². The zero-order chi connectivity index (χ0) is 13.2. The number of nitrogens with zero attached hydrogens (tertiary/aromatic N) is 5. The summed E-state index contributed by atoms with van der Waals surface area (Å²) < 4.78 is 9.39. The lowest BCUT2D eigenvalue weighted by molar-refractivity contribution is 0.397. The van der Waals surface area contributed by atoms with Gasteiger partial charge in [0.25, 0.3) is 0 Å². The fourth-order valence-corrected chi connectivity index (χ4v) is 2.55. The molecule has 0 saturated heterocycles. The van der Waals surface area contributed by atoms with Gasteiger partial charge in [0.05, 0.1) is 25.2 Å². The largest absolute Gasteiger partial charge is 0.480 e. The Bertz CT molecular complexity index is 693. The predicted octanol–water partition coefficient (Wildman–Crippen LogP) is 1.45. The van der Waals surface area contributed by atoms with Gasteiger partial charge in [0, 0.05) is 18.0 Å². The molecule has 1 N–H and O–H groups in total. The monoisotopic (exact) mass is 276 g/mol. The van der Waals surface area contributed by atoms with E-state index in [0.29, 0.717) is 12.4 Å². The van der Waals surface area contributed by atoms with Gasteiger partial charge >= 0.3 is 0 Å². The normalized spacial score (nSPS) is 10.8. The Morgan fingerprint density at radius 3 is 3.16 bits per heavy atom. The van der Waals surface area contributed by atoms with Crippen LogP contribution in [0, 0.1) is 0 Å². The van der Waals surface area contributed by atoms with Crippen molar-refractivity contribution in [3.8, 4) is 5.88 Å². The SMILES string of the molecule is COc1nscc1CN(C)c1ncnc2[nH]ncc12. The molecular weight excluding hydrogens is 264 g/mol. The highest BCUT2D eigenvalue weighted by Gasteiger charge is 2.13. The van der Waals surface area contributed by atoms with Gasteiger partial charge in [-0.25, -0.2) is 9.97 Å². The maximum Gasteiger partial charge on any atom is 0.229 e. The number of fused-ring (bicyclic) bond motifs is 1. The Kier molecular flexibility index (Phi) is 3.00. The van der Waals surface area contributed by atoms with Crippen LogP contribution >= 0.6 is 11.5 Å². The summed E-state index contributed by atoms with van der Waals surface area (Å²) in [6.45, 7) is 0.664. The molecule has 0 fully saturated rings. The third-order valence-electron chi connectivity index (χ3n) is 2.79. The van der Waals surface area contributed by atoms with E-state index in [9.17, 15) is 0 Å². The average molecular weight is 276 g/mol. The second-order valence-corrected chi connectivity index (χ2v) is 4.66. The van der Waals surface area contributed by atoms with Gasteiger partial charge in [-0.2, -0.15) is 9.47 Å². The molecule has 0 atom stereocenters. The van der Waals surface area contributed by atoms with E-state index in [1.807, 2.05) is 17.3 Å². The van der Waals surface area contributed by atoms with E-state index < -0.39 is 0 Å². The van der Waals surface area contributed by atoms with Gasteiger partial charge in [-0.1, -0.05) is 0 Å². The third-order valence-corrected chi connectivity index (χ3v) is 3.46. The van der Waals surface area contributed by atoms with Crippen molar-refractivity contribution in [1.29, 1.82) is 0 Å². The lowest BCUT2D eigenvalue weighted by Crippen LogP contribution is -2.18. The molecule has 19 heavy (non-hydrogen) atoms. The van der Waals surface area contributed by atoms with Crippen molar-refractivity contribution >= 4 is 28.4 Å². The molecule has 0 amide bonds. The molecule has 0 unspecified atom stereocenters. The molecule has 0 bridgehead atoms. The Morgan fingerprint density at radius 1 is 1.42 bits per heavy atom. The summed E-state index contributed by atoms with van der Waals surface area (Å²) in [6.07, 6.45) is 3.25. The number of H-pyrrole nitrogens is 1. The van der Waals surface area contributed by atoms with Crippen molar-refractivity contribution in [1.82, 2.24) is 24.5 Å². The lowest BCUT2D eigenvalue weighted by Gasteiger charge is -2.17. The van der Waals surface area contributed by atoms with Crippen LogP contribution in [0.15, 0.2) is 17.9 Å². The minimum absolute atomic E-state index is 0.661. The maximum atomic E-state index is 5.22. The second-order valence-electron chi connectivity index (χ2n) is 4.03. The van der Waals surface area contributed by atoms with Crippen LogP contribution in [0.4, 0.5) is 5.82 Å². The van der Waals surface area contributed by atoms with Crippen LogP contribution in [0.25, 0.3) is 11.0 Å². The summed E-state index contributed by atoms with van der Waals surface area (Å²) in [6, 6.07) is 0. The average Bonchev–Trinajstić information content (AvgIpc) is 3.05. The summed E-state index contributed by atoms with van der Waals surface area (Å²) >= 11 is 1.38. The summed E-state index contributed by atoms with van der Waals surface area (Å²) in [5.74, 6) is 1.49. The van der Waals surface area contributed by atoms with Crippen molar-refractivity contribution in [2.75, 3.05) is 19.1 Å². The first-order valence-corrected chi connectivity index (χ1v) is 6.45. The molecule has 3 aromatic heterocycles. The molecule has 0 aliphatic heterocycles. The van der Waals surface area contributed by atoms with Crippen LogP contribution in [0.1, 0.15) is 5.56 Å². The molecular formula is C11H12N6OS. The van der Waals surface area contributed by atoms with Gasteiger partial charge in [-0.15, -0.1) is 0 Å². The van der Waals surface area contributed by atoms with Gasteiger partial charge in [-0.05, 0) is 11.5 Å². The molecule has 3 rings (SSSR count). The first-order chi connectivity index (χ1) is 9.29. The van der Waals surface area contributed by atoms with Crippen molar-refractivity contribution in [2.24, 2.45) is 0 Å². The van der Waals surface area contributed by atoms with E-state index in [1.165, 1.54) is 17.9 Å². The number of aromatic nitrogens is 5. The standard InChI is InChI=1S/C11H12N6OS/c1-17(4-7-5-19-16-11(7)18-2)10-8-3-14-15-9(8)12-6-13-10/h3,5-6H,4H2,1-2H3,(H,12,13,14,15). The lowest BCUT2D eigenvalue weighted by atomic mass is 10.3. The van der Waals surface area contributed by atoms with E-state index in [-0.39, 0.29) is 0 Å². The first kappa shape index (κ1) is 11.8. The fourth-order valence-electron chi connectivity index (χ4n) is 1.91. The number of rotatable bonds is 4. The van der Waals surface area contributed by atoms with Crippen molar-refractivity contribution in [3.05, 3.63) is 23.5 Å². The minimum Gasteiger partial charge on any atom is -0.480 e. The highest BCUT2D eigenvalue weighted by atomic mass is 32.1. The predicted molar refractivity (Wildman–Crippen MR) is 72.5 cm³/mol. The molecule has 7 nitrogen and oxygen atoms in total. The highest BCUT2D eigenvalue weighted by molar-refractivity contribution is 7.03. The number of nitrogens with one attached hydrogen (secondary N) is 1. The summed E-state index contributed by atoms with van der Waals surface area (Å²) in [4.78, 5) is 10.5. The number of ether oxygens (including phenoxy) is 1. The fraction of sp³-hybridized carbons (Fsp3) is 0.273. The van der Waals surface area contributed by atoms with Gasteiger partial charge in [0.1, 0.15) is 12.1 Å². The van der Waals surface area contributed by atoms with Gasteiger partial charge in [0.15, 0.2) is 5.65 Å². The van der Waals surface area contributed by atoms with Crippen LogP contribution in [0.2, 0.25) is 0 Å². The highest BCUT2D eigenvalue weighted by Crippen LogP contribution is 2.25. The Hall–Kier alpha value is -2.22. The smallest absolute Gasteiger partial charge is 0.229 e. The van der Waals surface area contributed by atoms with Crippen LogP contribution in [0.5, 0.6) is 5.88 Å². The molecule has 98 valence electrons. The van der Waals surface area contributed by atoms with Gasteiger partial charge in [-0.3, -0.25) is 5.10 Å². The molecule has 3 heterocycles. The zero-order valence-corrected chi connectivity index (χ0v) is 11.3. The molecule has 8 heteroatoms. The maximum absolute atomic E-state index is 5.22. The van der Waals surface area contributed by atoms with Crippen LogP contribution in [-0.2, 0) is 6.54 Å². The minimum atomic E-state index is 0.661. The summed E-state index contributed by atoms with van der Waals surface area (Å²) in [7, 11) is 3.59. The molecule has 0 aliphatic rings. The van der Waals surface area contributed by atoms with Crippen LogP contribution in [-0.4, -0.2) is 38.7 Å². The van der Waals surface area contributed by atoms with Gasteiger partial charge < -0.3 is 9.64 Å². The molecule has 0 saturated carbocycles. The molecule has 0 radical (unpaired) electrons. The second kappa shape index (κ2) is 4.81. The van der Waals surface area contributed by atoms with E-state index in [0.717, 1.165) is 22.4 Å². The summed E-state index contributed by atoms with van der Waals surface area (Å²) in [5, 5.41) is 9.69. The Morgan fingerprint density at radius 2 is 2.32 bits per heavy atom. The molecule has 0 aliphatic carbocycles. The molecule has 0 aromatic carbocycles. The summed E-state index contributed by atoms with van der Waals surface area (Å²) in [5.41, 5.74) is 1.76. The van der Waals surface area contributed by atoms with E-state index in [4.69, 9.17) is 4.74 Å². The number of methoxy groups -OCH3 is 1. The number of aromatic amines is 1. The van der Waals surface area contributed by atoms with Crippen molar-refractivity contribution in [2.45, 2.75) is 6.54 Å². The van der Waals surface area contributed by atoms with Crippen molar-refractivity contribution < 1.29 is 4.74 Å².